The standard InChI is InChI=1S/C15H19N3O2S/c1-2-20-17-14(19)11-6-5-9-18(10-11)15-16-12-7-3-4-8-13(12)21-15/h3-4,7-8,11H,2,5-6,9-10H2,1H3,(H,17,19)/t11-/m1/s1. The van der Waals surface area contributed by atoms with E-state index in [0.717, 1.165) is 30.0 Å². The van der Waals surface area contributed by atoms with E-state index < -0.39 is 0 Å². The van der Waals surface area contributed by atoms with Crippen molar-refractivity contribution in [3.05, 3.63) is 24.3 Å². The van der Waals surface area contributed by atoms with Crippen LogP contribution in [0.2, 0.25) is 0 Å². The Balaban J connectivity index is 1.72. The van der Waals surface area contributed by atoms with Crippen LogP contribution in [0.5, 0.6) is 0 Å². The fourth-order valence-electron chi connectivity index (χ4n) is 2.59. The number of benzene rings is 1. The van der Waals surface area contributed by atoms with Crippen LogP contribution in [-0.2, 0) is 9.63 Å². The summed E-state index contributed by atoms with van der Waals surface area (Å²) < 4.78 is 1.19. The summed E-state index contributed by atoms with van der Waals surface area (Å²) in [5, 5.41) is 1.00. The van der Waals surface area contributed by atoms with Crippen LogP contribution < -0.4 is 10.4 Å². The lowest BCUT2D eigenvalue weighted by atomic mass is 9.98. The monoisotopic (exact) mass is 305 g/mol. The van der Waals surface area contributed by atoms with Gasteiger partial charge in [0.1, 0.15) is 0 Å². The van der Waals surface area contributed by atoms with Gasteiger partial charge in [-0.15, -0.1) is 0 Å². The highest BCUT2D eigenvalue weighted by atomic mass is 32.1. The highest BCUT2D eigenvalue weighted by molar-refractivity contribution is 7.22. The van der Waals surface area contributed by atoms with E-state index in [4.69, 9.17) is 4.84 Å². The lowest BCUT2D eigenvalue weighted by molar-refractivity contribution is -0.137. The minimum Gasteiger partial charge on any atom is -0.347 e. The summed E-state index contributed by atoms with van der Waals surface area (Å²) in [4.78, 5) is 23.9. The maximum absolute atomic E-state index is 12.0. The number of hydrogen-bond donors (Lipinski definition) is 1. The number of hydrogen-bond acceptors (Lipinski definition) is 5. The molecule has 0 radical (unpaired) electrons. The molecule has 3 rings (SSSR count). The van der Waals surface area contributed by atoms with Crippen molar-refractivity contribution in [2.75, 3.05) is 24.6 Å². The summed E-state index contributed by atoms with van der Waals surface area (Å²) >= 11 is 1.69. The van der Waals surface area contributed by atoms with Gasteiger partial charge in [0.25, 0.3) is 0 Å². The molecular weight excluding hydrogens is 286 g/mol. The summed E-state index contributed by atoms with van der Waals surface area (Å²) in [5.74, 6) is -0.0556. The summed E-state index contributed by atoms with van der Waals surface area (Å²) in [6, 6.07) is 8.14. The number of thiazole rings is 1. The Labute approximate surface area is 127 Å². The highest BCUT2D eigenvalue weighted by Gasteiger charge is 2.27. The molecule has 0 aliphatic carbocycles. The minimum atomic E-state index is -0.0303. The maximum Gasteiger partial charge on any atom is 0.248 e. The van der Waals surface area contributed by atoms with Crippen LogP contribution in [0.4, 0.5) is 5.13 Å². The second-order valence-electron chi connectivity index (χ2n) is 5.15. The van der Waals surface area contributed by atoms with Gasteiger partial charge in [-0.1, -0.05) is 23.5 Å². The van der Waals surface area contributed by atoms with Crippen LogP contribution in [-0.4, -0.2) is 30.6 Å². The van der Waals surface area contributed by atoms with Crippen molar-refractivity contribution in [3.63, 3.8) is 0 Å². The normalized spacial score (nSPS) is 18.9. The molecule has 1 amide bonds. The van der Waals surface area contributed by atoms with Gasteiger partial charge >= 0.3 is 0 Å². The van der Waals surface area contributed by atoms with E-state index in [0.29, 0.717) is 13.2 Å². The van der Waals surface area contributed by atoms with Crippen molar-refractivity contribution in [1.29, 1.82) is 0 Å². The lowest BCUT2D eigenvalue weighted by Crippen LogP contribution is -2.43. The molecule has 1 aliphatic rings. The van der Waals surface area contributed by atoms with E-state index in [1.54, 1.807) is 11.3 Å². The number of aromatic nitrogens is 1. The Bertz CT molecular complexity index is 595. The van der Waals surface area contributed by atoms with Gasteiger partial charge in [0.2, 0.25) is 5.91 Å². The average Bonchev–Trinajstić information content (AvgIpc) is 2.97. The zero-order chi connectivity index (χ0) is 14.7. The van der Waals surface area contributed by atoms with Gasteiger partial charge in [0.15, 0.2) is 5.13 Å². The molecule has 0 saturated carbocycles. The molecule has 1 atom stereocenters. The van der Waals surface area contributed by atoms with E-state index in [1.165, 1.54) is 4.70 Å². The molecule has 6 heteroatoms. The lowest BCUT2D eigenvalue weighted by Gasteiger charge is -2.31. The molecule has 0 spiro atoms. The number of para-hydroxylation sites is 1. The number of nitrogens with zero attached hydrogens (tertiary/aromatic N) is 2. The molecule has 1 saturated heterocycles. The van der Waals surface area contributed by atoms with Crippen molar-refractivity contribution in [2.45, 2.75) is 19.8 Å². The average molecular weight is 305 g/mol. The number of fused-ring (bicyclic) bond motifs is 1. The van der Waals surface area contributed by atoms with Crippen LogP contribution in [0.25, 0.3) is 10.2 Å². The van der Waals surface area contributed by atoms with Gasteiger partial charge in [0, 0.05) is 13.1 Å². The molecule has 0 unspecified atom stereocenters. The van der Waals surface area contributed by atoms with Crippen LogP contribution in [0, 0.1) is 5.92 Å². The number of carbonyl (C=O) groups excluding carboxylic acids is 1. The van der Waals surface area contributed by atoms with Crippen molar-refractivity contribution in [3.8, 4) is 0 Å². The first-order chi connectivity index (χ1) is 10.3. The Morgan fingerprint density at radius 1 is 1.52 bits per heavy atom. The van der Waals surface area contributed by atoms with Crippen molar-refractivity contribution in [1.82, 2.24) is 10.5 Å². The first kappa shape index (κ1) is 14.3. The molecule has 2 aromatic rings. The fraction of sp³-hybridized carbons (Fsp3) is 0.467. The van der Waals surface area contributed by atoms with E-state index in [9.17, 15) is 4.79 Å². The Hall–Kier alpha value is -1.66. The summed E-state index contributed by atoms with van der Waals surface area (Å²) in [7, 11) is 0. The van der Waals surface area contributed by atoms with Gasteiger partial charge in [0.05, 0.1) is 22.7 Å². The first-order valence-corrected chi connectivity index (χ1v) is 8.11. The van der Waals surface area contributed by atoms with Crippen LogP contribution in [0.1, 0.15) is 19.8 Å². The molecule has 1 aromatic carbocycles. The number of carbonyl (C=O) groups is 1. The molecule has 5 nitrogen and oxygen atoms in total. The number of hydroxylamine groups is 1. The van der Waals surface area contributed by atoms with Gasteiger partial charge < -0.3 is 4.90 Å². The van der Waals surface area contributed by atoms with Crippen LogP contribution >= 0.6 is 11.3 Å². The number of piperidine rings is 1. The highest BCUT2D eigenvalue weighted by Crippen LogP contribution is 2.31. The van der Waals surface area contributed by atoms with E-state index in [1.807, 2.05) is 25.1 Å². The molecule has 21 heavy (non-hydrogen) atoms. The third-order valence-corrected chi connectivity index (χ3v) is 4.76. The first-order valence-electron chi connectivity index (χ1n) is 7.30. The molecule has 1 fully saturated rings. The van der Waals surface area contributed by atoms with Crippen LogP contribution in [0.15, 0.2) is 24.3 Å². The molecular formula is C15H19N3O2S. The number of anilines is 1. The summed E-state index contributed by atoms with van der Waals surface area (Å²) in [6.07, 6.45) is 1.90. The Morgan fingerprint density at radius 3 is 3.19 bits per heavy atom. The van der Waals surface area contributed by atoms with Crippen molar-refractivity contribution >= 4 is 32.6 Å². The van der Waals surface area contributed by atoms with E-state index >= 15 is 0 Å². The van der Waals surface area contributed by atoms with E-state index in [2.05, 4.69) is 21.4 Å². The predicted molar refractivity (Wildman–Crippen MR) is 84.3 cm³/mol. The van der Waals surface area contributed by atoms with Gasteiger partial charge in [-0.05, 0) is 31.9 Å². The topological polar surface area (TPSA) is 54.5 Å². The number of rotatable bonds is 4. The predicted octanol–water partition coefficient (Wildman–Crippen LogP) is 2.58. The maximum atomic E-state index is 12.0. The Kier molecular flexibility index (Phi) is 4.36. The zero-order valence-corrected chi connectivity index (χ0v) is 12.9. The number of nitrogens with one attached hydrogen (secondary N) is 1. The largest absolute Gasteiger partial charge is 0.347 e. The van der Waals surface area contributed by atoms with Crippen molar-refractivity contribution in [2.24, 2.45) is 5.92 Å². The molecule has 0 bridgehead atoms. The molecule has 1 N–H and O–H groups in total. The van der Waals surface area contributed by atoms with Gasteiger partial charge in [-0.3, -0.25) is 9.63 Å². The summed E-state index contributed by atoms with van der Waals surface area (Å²) in [6.45, 7) is 4.01. The van der Waals surface area contributed by atoms with E-state index in [-0.39, 0.29) is 11.8 Å². The molecule has 1 aliphatic heterocycles. The quantitative estimate of drug-likeness (QED) is 0.882. The zero-order valence-electron chi connectivity index (χ0n) is 12.0. The van der Waals surface area contributed by atoms with Crippen molar-refractivity contribution < 1.29 is 9.63 Å². The van der Waals surface area contributed by atoms with Gasteiger partial charge in [-0.2, -0.15) is 0 Å². The number of amides is 1. The summed E-state index contributed by atoms with van der Waals surface area (Å²) in [5.41, 5.74) is 3.54. The van der Waals surface area contributed by atoms with Crippen LogP contribution in [0.3, 0.4) is 0 Å². The Morgan fingerprint density at radius 2 is 2.38 bits per heavy atom. The SMILES string of the molecule is CCONC(=O)[C@@H]1CCCN(c2nc3ccccc3s2)C1. The molecule has 112 valence electrons. The molecule has 2 heterocycles. The fourth-order valence-corrected chi connectivity index (χ4v) is 3.59. The van der Waals surface area contributed by atoms with Gasteiger partial charge in [-0.25, -0.2) is 10.5 Å². The third kappa shape index (κ3) is 3.16. The smallest absolute Gasteiger partial charge is 0.248 e. The minimum absolute atomic E-state index is 0.0253. The second-order valence-corrected chi connectivity index (χ2v) is 6.16. The molecule has 1 aromatic heterocycles. The second kappa shape index (κ2) is 6.41. The third-order valence-electron chi connectivity index (χ3n) is 3.66.